The van der Waals surface area contributed by atoms with Crippen molar-refractivity contribution < 1.29 is 13.7 Å². The molecule has 0 saturated heterocycles. The Morgan fingerprint density at radius 3 is 2.83 bits per heavy atom. The number of rotatable bonds is 7. The molecule has 0 atom stereocenters. The van der Waals surface area contributed by atoms with E-state index < -0.39 is 5.82 Å². The predicted octanol–water partition coefficient (Wildman–Crippen LogP) is 4.36. The maximum atomic E-state index is 13.8. The smallest absolute Gasteiger partial charge is 0.273 e. The van der Waals surface area contributed by atoms with Gasteiger partial charge in [-0.2, -0.15) is 0 Å². The molecule has 0 aliphatic carbocycles. The van der Waals surface area contributed by atoms with E-state index in [9.17, 15) is 9.18 Å². The van der Waals surface area contributed by atoms with E-state index >= 15 is 0 Å². The van der Waals surface area contributed by atoms with Crippen LogP contribution in [0, 0.1) is 5.82 Å². The first-order valence-electron chi connectivity index (χ1n) is 9.05. The second-order valence-electron chi connectivity index (χ2n) is 6.28. The lowest BCUT2D eigenvalue weighted by atomic mass is 10.1. The fourth-order valence-corrected chi connectivity index (χ4v) is 3.63. The minimum atomic E-state index is -0.426. The van der Waals surface area contributed by atoms with Gasteiger partial charge in [0.2, 0.25) is 0 Å². The van der Waals surface area contributed by atoms with Crippen molar-refractivity contribution in [3.8, 4) is 22.6 Å². The van der Waals surface area contributed by atoms with Crippen molar-refractivity contribution in [3.05, 3.63) is 76.8 Å². The van der Waals surface area contributed by atoms with Crippen molar-refractivity contribution in [1.82, 2.24) is 20.4 Å². The molecule has 0 aliphatic rings. The molecule has 0 bridgehead atoms. The van der Waals surface area contributed by atoms with Crippen LogP contribution in [0.3, 0.4) is 0 Å². The molecule has 3 aromatic heterocycles. The third-order valence-corrected chi connectivity index (χ3v) is 5.17. The van der Waals surface area contributed by atoms with Crippen molar-refractivity contribution in [2.45, 2.75) is 12.8 Å². The van der Waals surface area contributed by atoms with E-state index in [0.29, 0.717) is 6.54 Å². The predicted molar refractivity (Wildman–Crippen MR) is 108 cm³/mol. The quantitative estimate of drug-likeness (QED) is 0.460. The maximum absolute atomic E-state index is 13.8. The summed E-state index contributed by atoms with van der Waals surface area (Å²) in [5, 5.41) is 9.56. The molecular formula is C21H17FN4O2S. The van der Waals surface area contributed by atoms with E-state index in [4.69, 9.17) is 4.52 Å². The third-order valence-electron chi connectivity index (χ3n) is 4.26. The van der Waals surface area contributed by atoms with E-state index in [1.54, 1.807) is 41.9 Å². The van der Waals surface area contributed by atoms with Gasteiger partial charge in [-0.3, -0.25) is 9.78 Å². The second kappa shape index (κ2) is 8.74. The zero-order valence-electron chi connectivity index (χ0n) is 15.3. The number of pyridine rings is 1. The van der Waals surface area contributed by atoms with E-state index in [1.807, 2.05) is 17.5 Å². The molecule has 6 nitrogen and oxygen atoms in total. The number of thiazole rings is 1. The Bertz CT molecular complexity index is 1110. The monoisotopic (exact) mass is 408 g/mol. The number of nitrogens with one attached hydrogen (secondary N) is 1. The standard InChI is InChI=1S/C21H17FN4O2S/c22-16-5-2-1-4-15(16)19-12-17(26-28-19)21(27)24-9-3-6-20-25-18(13-29-20)14-7-10-23-11-8-14/h1-2,4-5,7-8,10-13H,3,6,9H2,(H,24,27). The number of halogens is 1. The van der Waals surface area contributed by atoms with E-state index in [2.05, 4.69) is 20.4 Å². The second-order valence-corrected chi connectivity index (χ2v) is 7.22. The average molecular weight is 408 g/mol. The summed E-state index contributed by atoms with van der Waals surface area (Å²) in [5.74, 6) is -0.558. The van der Waals surface area contributed by atoms with Gasteiger partial charge in [0.1, 0.15) is 5.82 Å². The minimum Gasteiger partial charge on any atom is -0.355 e. The molecule has 1 aromatic carbocycles. The number of hydrogen-bond donors (Lipinski definition) is 1. The summed E-state index contributed by atoms with van der Waals surface area (Å²) in [7, 11) is 0. The fourth-order valence-electron chi connectivity index (χ4n) is 2.78. The molecule has 0 spiro atoms. The van der Waals surface area contributed by atoms with Crippen LogP contribution >= 0.6 is 11.3 Å². The highest BCUT2D eigenvalue weighted by atomic mass is 32.1. The fraction of sp³-hybridized carbons (Fsp3) is 0.143. The van der Waals surface area contributed by atoms with Gasteiger partial charge in [0.25, 0.3) is 5.91 Å². The highest BCUT2D eigenvalue weighted by Crippen LogP contribution is 2.23. The Morgan fingerprint density at radius 2 is 2.00 bits per heavy atom. The molecule has 146 valence electrons. The van der Waals surface area contributed by atoms with Gasteiger partial charge in [-0.15, -0.1) is 11.3 Å². The first kappa shape index (κ1) is 18.9. The molecule has 1 N–H and O–H groups in total. The van der Waals surface area contributed by atoms with Crippen molar-refractivity contribution >= 4 is 17.2 Å². The van der Waals surface area contributed by atoms with Crippen LogP contribution in [0.15, 0.2) is 64.8 Å². The number of carbonyl (C=O) groups is 1. The maximum Gasteiger partial charge on any atom is 0.273 e. The van der Waals surface area contributed by atoms with Crippen LogP contribution in [0.5, 0.6) is 0 Å². The number of hydrogen-bond acceptors (Lipinski definition) is 6. The highest BCUT2D eigenvalue weighted by molar-refractivity contribution is 7.09. The third kappa shape index (κ3) is 4.55. The molecule has 0 unspecified atom stereocenters. The topological polar surface area (TPSA) is 80.9 Å². The van der Waals surface area contributed by atoms with Gasteiger partial charge in [0.15, 0.2) is 11.5 Å². The summed E-state index contributed by atoms with van der Waals surface area (Å²) < 4.78 is 18.9. The number of amides is 1. The molecule has 1 amide bonds. The zero-order valence-corrected chi connectivity index (χ0v) is 16.2. The van der Waals surface area contributed by atoms with Crippen molar-refractivity contribution in [1.29, 1.82) is 0 Å². The number of benzene rings is 1. The molecule has 3 heterocycles. The lowest BCUT2D eigenvalue weighted by molar-refractivity contribution is 0.0944. The summed E-state index contributed by atoms with van der Waals surface area (Å²) in [6.45, 7) is 0.477. The highest BCUT2D eigenvalue weighted by Gasteiger charge is 2.15. The molecule has 0 aliphatic heterocycles. The van der Waals surface area contributed by atoms with Crippen LogP contribution in [0.2, 0.25) is 0 Å². The Labute approximate surface area is 170 Å². The molecule has 8 heteroatoms. The molecule has 0 saturated carbocycles. The normalized spacial score (nSPS) is 10.8. The van der Waals surface area contributed by atoms with Crippen molar-refractivity contribution in [3.63, 3.8) is 0 Å². The van der Waals surface area contributed by atoms with Crippen LogP contribution in [0.25, 0.3) is 22.6 Å². The Balaban J connectivity index is 1.28. The van der Waals surface area contributed by atoms with Crippen LogP contribution in [0.4, 0.5) is 4.39 Å². The summed E-state index contributed by atoms with van der Waals surface area (Å²) >= 11 is 1.59. The summed E-state index contributed by atoms with van der Waals surface area (Å²) in [5.41, 5.74) is 2.36. The van der Waals surface area contributed by atoms with E-state index in [0.717, 1.165) is 29.1 Å². The van der Waals surface area contributed by atoms with Crippen molar-refractivity contribution in [2.24, 2.45) is 0 Å². The van der Waals surface area contributed by atoms with Crippen LogP contribution in [-0.4, -0.2) is 27.6 Å². The first-order chi connectivity index (χ1) is 14.2. The summed E-state index contributed by atoms with van der Waals surface area (Å²) in [6, 6.07) is 11.5. The van der Waals surface area contributed by atoms with Gasteiger partial charge in [0, 0.05) is 42.4 Å². The Kier molecular flexibility index (Phi) is 5.71. The van der Waals surface area contributed by atoms with E-state index in [1.165, 1.54) is 12.1 Å². The number of carbonyl (C=O) groups excluding carboxylic acids is 1. The number of aromatic nitrogens is 3. The molecule has 4 rings (SSSR count). The number of nitrogens with zero attached hydrogens (tertiary/aromatic N) is 3. The number of aryl methyl sites for hydroxylation is 1. The molecule has 29 heavy (non-hydrogen) atoms. The van der Waals surface area contributed by atoms with Gasteiger partial charge in [-0.05, 0) is 30.7 Å². The zero-order chi connectivity index (χ0) is 20.1. The molecule has 4 aromatic rings. The van der Waals surface area contributed by atoms with Gasteiger partial charge >= 0.3 is 0 Å². The SMILES string of the molecule is O=C(NCCCc1nc(-c2ccncc2)cs1)c1cc(-c2ccccc2F)on1. The molecule has 0 radical (unpaired) electrons. The van der Waals surface area contributed by atoms with Gasteiger partial charge in [-0.25, -0.2) is 9.37 Å². The Morgan fingerprint density at radius 1 is 1.17 bits per heavy atom. The van der Waals surface area contributed by atoms with Gasteiger partial charge < -0.3 is 9.84 Å². The summed E-state index contributed by atoms with van der Waals surface area (Å²) in [4.78, 5) is 20.9. The van der Waals surface area contributed by atoms with Crippen LogP contribution in [0.1, 0.15) is 21.9 Å². The largest absolute Gasteiger partial charge is 0.355 e. The lowest BCUT2D eigenvalue weighted by Gasteiger charge is -2.01. The molecular weight excluding hydrogens is 391 g/mol. The first-order valence-corrected chi connectivity index (χ1v) is 9.93. The van der Waals surface area contributed by atoms with Crippen LogP contribution in [-0.2, 0) is 6.42 Å². The van der Waals surface area contributed by atoms with Crippen molar-refractivity contribution in [2.75, 3.05) is 6.54 Å². The lowest BCUT2D eigenvalue weighted by Crippen LogP contribution is -2.25. The molecule has 0 fully saturated rings. The van der Waals surface area contributed by atoms with E-state index in [-0.39, 0.29) is 22.9 Å². The van der Waals surface area contributed by atoms with Gasteiger partial charge in [-0.1, -0.05) is 17.3 Å². The van der Waals surface area contributed by atoms with Crippen LogP contribution < -0.4 is 5.32 Å². The Hall–Kier alpha value is -3.39. The summed E-state index contributed by atoms with van der Waals surface area (Å²) in [6.07, 6.45) is 4.99. The average Bonchev–Trinajstić information content (AvgIpc) is 3.42. The van der Waals surface area contributed by atoms with Gasteiger partial charge in [0.05, 0.1) is 16.3 Å². The minimum absolute atomic E-state index is 0.123.